The topological polar surface area (TPSA) is 80.1 Å². The number of nitrogens with one attached hydrogen (secondary N) is 1. The number of nitrogens with two attached hydrogens (primary N) is 1. The minimum absolute atomic E-state index is 0.224. The van der Waals surface area contributed by atoms with Crippen molar-refractivity contribution in [3.8, 4) is 21.1 Å². The Bertz CT molecular complexity index is 1450. The SMILES string of the molecule is N=C(/C(=C\N)c1ccc2ncc(-c3ccc(-c4ccccn4)s3)n2c1)c1ccc(F)cc1. The highest BCUT2D eigenvalue weighted by atomic mass is 32.1. The molecule has 0 aliphatic carbocycles. The summed E-state index contributed by atoms with van der Waals surface area (Å²) in [5.41, 5.74) is 10.7. The van der Waals surface area contributed by atoms with E-state index in [9.17, 15) is 4.39 Å². The fraction of sp³-hybridized carbons (Fsp3) is 0. The first kappa shape index (κ1) is 19.8. The summed E-state index contributed by atoms with van der Waals surface area (Å²) in [6, 6.07) is 19.6. The molecule has 0 bridgehead atoms. The minimum Gasteiger partial charge on any atom is -0.404 e. The third-order valence-electron chi connectivity index (χ3n) is 5.16. The summed E-state index contributed by atoms with van der Waals surface area (Å²) in [6.45, 7) is 0. The first-order valence-corrected chi connectivity index (χ1v) is 10.7. The zero-order valence-electron chi connectivity index (χ0n) is 16.9. The van der Waals surface area contributed by atoms with E-state index in [4.69, 9.17) is 11.1 Å². The second-order valence-electron chi connectivity index (χ2n) is 7.13. The van der Waals surface area contributed by atoms with Gasteiger partial charge >= 0.3 is 0 Å². The fourth-order valence-electron chi connectivity index (χ4n) is 3.54. The zero-order valence-corrected chi connectivity index (χ0v) is 17.7. The van der Waals surface area contributed by atoms with Crippen LogP contribution < -0.4 is 5.73 Å². The van der Waals surface area contributed by atoms with Crippen molar-refractivity contribution < 1.29 is 4.39 Å². The predicted molar refractivity (Wildman–Crippen MR) is 127 cm³/mol. The molecule has 5 rings (SSSR count). The number of allylic oxidation sites excluding steroid dienone is 1. The van der Waals surface area contributed by atoms with Gasteiger partial charge in [0.15, 0.2) is 0 Å². The number of rotatable bonds is 5. The molecule has 0 radical (unpaired) electrons. The van der Waals surface area contributed by atoms with Crippen molar-refractivity contribution in [2.24, 2.45) is 5.73 Å². The van der Waals surface area contributed by atoms with Gasteiger partial charge in [-0.1, -0.05) is 6.07 Å². The summed E-state index contributed by atoms with van der Waals surface area (Å²) >= 11 is 1.64. The van der Waals surface area contributed by atoms with Crippen molar-refractivity contribution >= 4 is 28.3 Å². The summed E-state index contributed by atoms with van der Waals surface area (Å²) in [5, 5.41) is 8.58. The first-order chi connectivity index (χ1) is 15.6. The van der Waals surface area contributed by atoms with Crippen LogP contribution >= 0.6 is 11.3 Å². The summed E-state index contributed by atoms with van der Waals surface area (Å²) in [5.74, 6) is -0.342. The molecule has 7 heteroatoms. The first-order valence-electron chi connectivity index (χ1n) is 9.90. The second-order valence-corrected chi connectivity index (χ2v) is 8.21. The number of nitrogens with zero attached hydrogens (tertiary/aromatic N) is 3. The van der Waals surface area contributed by atoms with Crippen molar-refractivity contribution in [3.05, 3.63) is 108 Å². The van der Waals surface area contributed by atoms with Crippen LogP contribution in [0.4, 0.5) is 4.39 Å². The van der Waals surface area contributed by atoms with E-state index in [0.717, 1.165) is 32.4 Å². The minimum atomic E-state index is -0.342. The molecule has 32 heavy (non-hydrogen) atoms. The van der Waals surface area contributed by atoms with E-state index in [1.165, 1.54) is 18.3 Å². The molecule has 4 heterocycles. The molecule has 1 aromatic carbocycles. The largest absolute Gasteiger partial charge is 0.404 e. The standard InChI is InChI=1S/C25H18FN5S/c26-18-7-4-16(5-8-18)25(28)19(13-27)17-6-11-24-30-14-21(31(24)15-17)23-10-9-22(32-23)20-3-1-2-12-29-20/h1-15,28H,27H2/b19-13-,28-25?. The van der Waals surface area contributed by atoms with E-state index in [1.807, 2.05) is 47.1 Å². The van der Waals surface area contributed by atoms with Crippen molar-refractivity contribution in [1.29, 1.82) is 5.41 Å². The summed E-state index contributed by atoms with van der Waals surface area (Å²) < 4.78 is 15.3. The molecule has 0 saturated carbocycles. The second kappa shape index (κ2) is 8.20. The highest BCUT2D eigenvalue weighted by Crippen LogP contribution is 2.34. The van der Waals surface area contributed by atoms with Crippen molar-refractivity contribution in [2.75, 3.05) is 0 Å². The molecule has 0 amide bonds. The van der Waals surface area contributed by atoms with Crippen LogP contribution in [0.1, 0.15) is 11.1 Å². The molecule has 0 saturated heterocycles. The van der Waals surface area contributed by atoms with Gasteiger partial charge in [-0.2, -0.15) is 0 Å². The molecule has 0 fully saturated rings. The molecule has 0 aliphatic heterocycles. The van der Waals surface area contributed by atoms with E-state index in [-0.39, 0.29) is 11.5 Å². The van der Waals surface area contributed by atoms with Gasteiger partial charge < -0.3 is 5.73 Å². The van der Waals surface area contributed by atoms with Gasteiger partial charge in [0, 0.05) is 35.3 Å². The molecule has 0 unspecified atom stereocenters. The van der Waals surface area contributed by atoms with Crippen LogP contribution in [0.2, 0.25) is 0 Å². The number of hydrogen-bond acceptors (Lipinski definition) is 5. The van der Waals surface area contributed by atoms with Crippen LogP contribution in [-0.2, 0) is 0 Å². The van der Waals surface area contributed by atoms with Crippen molar-refractivity contribution in [1.82, 2.24) is 14.4 Å². The highest BCUT2D eigenvalue weighted by molar-refractivity contribution is 7.18. The smallest absolute Gasteiger partial charge is 0.137 e. The average Bonchev–Trinajstić information content (AvgIpc) is 3.47. The molecule has 0 atom stereocenters. The maximum Gasteiger partial charge on any atom is 0.137 e. The van der Waals surface area contributed by atoms with Gasteiger partial charge in [0.25, 0.3) is 0 Å². The Labute approximate surface area is 187 Å². The number of hydrogen-bond donors (Lipinski definition) is 2. The van der Waals surface area contributed by atoms with E-state index in [1.54, 1.807) is 29.7 Å². The molecule has 5 nitrogen and oxygen atoms in total. The van der Waals surface area contributed by atoms with Gasteiger partial charge in [-0.25, -0.2) is 9.37 Å². The van der Waals surface area contributed by atoms with Crippen molar-refractivity contribution in [2.45, 2.75) is 0 Å². The highest BCUT2D eigenvalue weighted by Gasteiger charge is 2.15. The zero-order chi connectivity index (χ0) is 22.1. The van der Waals surface area contributed by atoms with Crippen LogP contribution in [-0.4, -0.2) is 20.1 Å². The monoisotopic (exact) mass is 439 g/mol. The summed E-state index contributed by atoms with van der Waals surface area (Å²) in [6.07, 6.45) is 6.96. The molecule has 0 spiro atoms. The van der Waals surface area contributed by atoms with Gasteiger partial charge in [0.1, 0.15) is 11.5 Å². The number of thiophene rings is 1. The molecule has 156 valence electrons. The quantitative estimate of drug-likeness (QED) is 0.348. The van der Waals surface area contributed by atoms with Gasteiger partial charge in [-0.05, 0) is 60.7 Å². The van der Waals surface area contributed by atoms with Gasteiger partial charge in [-0.15, -0.1) is 11.3 Å². The van der Waals surface area contributed by atoms with Crippen LogP contribution in [0.15, 0.2) is 91.5 Å². The average molecular weight is 440 g/mol. The maximum atomic E-state index is 13.3. The molecule has 3 N–H and O–H groups in total. The summed E-state index contributed by atoms with van der Waals surface area (Å²) in [7, 11) is 0. The lowest BCUT2D eigenvalue weighted by molar-refractivity contribution is 0.628. The summed E-state index contributed by atoms with van der Waals surface area (Å²) in [4.78, 5) is 11.1. The van der Waals surface area contributed by atoms with E-state index in [0.29, 0.717) is 11.1 Å². The van der Waals surface area contributed by atoms with Gasteiger partial charge in [0.05, 0.1) is 33.1 Å². The molecular formula is C25H18FN5S. The van der Waals surface area contributed by atoms with E-state index >= 15 is 0 Å². The maximum absolute atomic E-state index is 13.3. The number of halogens is 1. The number of aromatic nitrogens is 3. The lowest BCUT2D eigenvalue weighted by atomic mass is 9.98. The number of fused-ring (bicyclic) bond motifs is 1. The third kappa shape index (κ3) is 3.59. The Balaban J connectivity index is 1.53. The van der Waals surface area contributed by atoms with Crippen LogP contribution in [0.5, 0.6) is 0 Å². The normalized spacial score (nSPS) is 11.7. The predicted octanol–water partition coefficient (Wildman–Crippen LogP) is 5.63. The fourth-order valence-corrected chi connectivity index (χ4v) is 4.53. The Morgan fingerprint density at radius 3 is 2.47 bits per heavy atom. The molecule has 0 aliphatic rings. The lowest BCUT2D eigenvalue weighted by Gasteiger charge is -2.11. The Morgan fingerprint density at radius 1 is 0.938 bits per heavy atom. The number of benzene rings is 1. The van der Waals surface area contributed by atoms with Crippen LogP contribution in [0.3, 0.4) is 0 Å². The Hall–Kier alpha value is -4.10. The molecule has 5 aromatic rings. The van der Waals surface area contributed by atoms with E-state index < -0.39 is 0 Å². The number of imidazole rings is 1. The van der Waals surface area contributed by atoms with Crippen LogP contribution in [0, 0.1) is 11.2 Å². The third-order valence-corrected chi connectivity index (χ3v) is 6.29. The Morgan fingerprint density at radius 2 is 1.72 bits per heavy atom. The van der Waals surface area contributed by atoms with E-state index in [2.05, 4.69) is 22.1 Å². The van der Waals surface area contributed by atoms with Gasteiger partial charge in [0.2, 0.25) is 0 Å². The van der Waals surface area contributed by atoms with Crippen molar-refractivity contribution in [3.63, 3.8) is 0 Å². The number of pyridine rings is 2. The Kier molecular flexibility index (Phi) is 5.09. The van der Waals surface area contributed by atoms with Crippen LogP contribution in [0.25, 0.3) is 32.4 Å². The molecular weight excluding hydrogens is 421 g/mol. The molecule has 4 aromatic heterocycles. The lowest BCUT2D eigenvalue weighted by Crippen LogP contribution is -2.06. The van der Waals surface area contributed by atoms with Gasteiger partial charge in [-0.3, -0.25) is 14.8 Å².